The van der Waals surface area contributed by atoms with Crippen LogP contribution in [-0.4, -0.2) is 42.8 Å². The fraction of sp³-hybridized carbons (Fsp3) is 0.400. The molecule has 0 saturated carbocycles. The predicted octanol–water partition coefficient (Wildman–Crippen LogP) is 4.06. The summed E-state index contributed by atoms with van der Waals surface area (Å²) < 4.78 is 16.1. The van der Waals surface area contributed by atoms with E-state index in [1.165, 1.54) is 18.9 Å². The minimum Gasteiger partial charge on any atom is -0.468 e. The zero-order chi connectivity index (χ0) is 18.8. The summed E-state index contributed by atoms with van der Waals surface area (Å²) in [7, 11) is 1.40. The predicted molar refractivity (Wildman–Crippen MR) is 104 cm³/mol. The zero-order valence-corrected chi connectivity index (χ0v) is 16.3. The number of esters is 1. The van der Waals surface area contributed by atoms with Crippen LogP contribution in [0.25, 0.3) is 11.5 Å². The Kier molecular flexibility index (Phi) is 8.44. The number of aromatic nitrogens is 1. The van der Waals surface area contributed by atoms with Gasteiger partial charge < -0.3 is 13.9 Å². The molecule has 0 unspecified atom stereocenters. The number of ether oxygens (including phenoxy) is 2. The fourth-order valence-electron chi connectivity index (χ4n) is 2.23. The van der Waals surface area contributed by atoms with Crippen LogP contribution in [0.15, 0.2) is 46.4 Å². The highest BCUT2D eigenvalue weighted by atomic mass is 32.2. The maximum Gasteiger partial charge on any atom is 0.315 e. The van der Waals surface area contributed by atoms with E-state index < -0.39 is 0 Å². The van der Waals surface area contributed by atoms with E-state index in [-0.39, 0.29) is 5.97 Å². The molecule has 5 nitrogen and oxygen atoms in total. The third-order valence-corrected chi connectivity index (χ3v) is 4.57. The van der Waals surface area contributed by atoms with Crippen LogP contribution in [0.1, 0.15) is 18.4 Å². The average molecular weight is 375 g/mol. The van der Waals surface area contributed by atoms with E-state index in [1.807, 2.05) is 44.2 Å². The molecule has 0 saturated heterocycles. The Morgan fingerprint density at radius 1 is 1.31 bits per heavy atom. The number of methoxy groups -OCH3 is 1. The summed E-state index contributed by atoms with van der Waals surface area (Å²) in [6.45, 7) is 5.11. The van der Waals surface area contributed by atoms with Gasteiger partial charge in [-0.3, -0.25) is 4.79 Å². The van der Waals surface area contributed by atoms with Gasteiger partial charge in [0.25, 0.3) is 0 Å². The Morgan fingerprint density at radius 3 is 2.81 bits per heavy atom. The van der Waals surface area contributed by atoms with Crippen molar-refractivity contribution in [3.63, 3.8) is 0 Å². The van der Waals surface area contributed by atoms with Gasteiger partial charge in [0, 0.05) is 17.7 Å². The number of carbonyl (C=O) groups is 1. The number of oxazole rings is 1. The summed E-state index contributed by atoms with van der Waals surface area (Å²) in [5, 5.41) is 0. The third kappa shape index (κ3) is 6.69. The molecule has 1 heterocycles. The molecule has 6 heteroatoms. The van der Waals surface area contributed by atoms with E-state index >= 15 is 0 Å². The molecule has 0 amide bonds. The van der Waals surface area contributed by atoms with E-state index in [2.05, 4.69) is 15.8 Å². The second-order valence-electron chi connectivity index (χ2n) is 5.83. The maximum atomic E-state index is 11.0. The first kappa shape index (κ1) is 20.3. The van der Waals surface area contributed by atoms with Crippen molar-refractivity contribution >= 4 is 17.7 Å². The summed E-state index contributed by atoms with van der Waals surface area (Å²) in [6.07, 6.45) is 2.79. The van der Waals surface area contributed by atoms with Gasteiger partial charge in [-0.1, -0.05) is 29.8 Å². The molecule has 2 aromatic rings. The van der Waals surface area contributed by atoms with Crippen molar-refractivity contribution in [1.29, 1.82) is 0 Å². The Bertz CT molecular complexity index is 725. The lowest BCUT2D eigenvalue weighted by Gasteiger charge is -2.04. The van der Waals surface area contributed by atoms with Crippen LogP contribution in [0.2, 0.25) is 0 Å². The highest BCUT2D eigenvalue weighted by Crippen LogP contribution is 2.21. The van der Waals surface area contributed by atoms with Crippen molar-refractivity contribution in [3.05, 3.63) is 53.4 Å². The highest BCUT2D eigenvalue weighted by molar-refractivity contribution is 8.00. The molecule has 0 atom stereocenters. The lowest BCUT2D eigenvalue weighted by Crippen LogP contribution is -2.04. The molecule has 0 aliphatic heterocycles. The van der Waals surface area contributed by atoms with Crippen molar-refractivity contribution < 1.29 is 18.7 Å². The van der Waals surface area contributed by atoms with E-state index in [0.29, 0.717) is 31.3 Å². The highest BCUT2D eigenvalue weighted by Gasteiger charge is 2.10. The number of carbonyl (C=O) groups excluding carboxylic acids is 1. The molecule has 0 N–H and O–H groups in total. The summed E-state index contributed by atoms with van der Waals surface area (Å²) in [4.78, 5) is 15.6. The lowest BCUT2D eigenvalue weighted by molar-refractivity contribution is -0.137. The molecule has 1 aromatic carbocycles. The summed E-state index contributed by atoms with van der Waals surface area (Å²) in [5.41, 5.74) is 3.05. The number of thioether (sulfide) groups is 1. The van der Waals surface area contributed by atoms with Gasteiger partial charge in [0.1, 0.15) is 5.76 Å². The normalized spacial score (nSPS) is 11.6. The van der Waals surface area contributed by atoms with Crippen molar-refractivity contribution in [1.82, 2.24) is 4.98 Å². The van der Waals surface area contributed by atoms with Gasteiger partial charge in [-0.15, -0.1) is 11.8 Å². The molecule has 0 bridgehead atoms. The summed E-state index contributed by atoms with van der Waals surface area (Å²) >= 11 is 1.52. The van der Waals surface area contributed by atoms with E-state index in [1.54, 1.807) is 0 Å². The van der Waals surface area contributed by atoms with Crippen LogP contribution in [0, 0.1) is 6.92 Å². The fourth-order valence-corrected chi connectivity index (χ4v) is 3.03. The Labute approximate surface area is 158 Å². The zero-order valence-electron chi connectivity index (χ0n) is 15.5. The quantitative estimate of drug-likeness (QED) is 0.354. The number of rotatable bonds is 10. The standard InChI is InChI=1S/C20H25NO4S/c1-15(10-12-26-14-19(22)23-3)13-24-11-9-18-16(2)25-20(21-18)17-7-5-4-6-8-17/h4-8,10H,9,11-14H2,1-3H3/b15-10+. The monoisotopic (exact) mass is 375 g/mol. The first-order chi connectivity index (χ1) is 12.6. The molecule has 0 aliphatic carbocycles. The van der Waals surface area contributed by atoms with Gasteiger partial charge in [-0.2, -0.15) is 0 Å². The molecule has 0 spiro atoms. The third-order valence-electron chi connectivity index (χ3n) is 3.72. The largest absolute Gasteiger partial charge is 0.468 e. The molecule has 1 aromatic heterocycles. The van der Waals surface area contributed by atoms with E-state index in [9.17, 15) is 4.79 Å². The first-order valence-corrected chi connectivity index (χ1v) is 9.65. The Balaban J connectivity index is 1.71. The van der Waals surface area contributed by atoms with Crippen molar-refractivity contribution in [2.75, 3.05) is 31.8 Å². The van der Waals surface area contributed by atoms with Crippen LogP contribution < -0.4 is 0 Å². The van der Waals surface area contributed by atoms with Crippen LogP contribution in [0.5, 0.6) is 0 Å². The van der Waals surface area contributed by atoms with Gasteiger partial charge in [-0.05, 0) is 26.0 Å². The Morgan fingerprint density at radius 2 is 2.08 bits per heavy atom. The second-order valence-corrected chi connectivity index (χ2v) is 6.86. The second kappa shape index (κ2) is 10.8. The number of nitrogens with zero attached hydrogens (tertiary/aromatic N) is 1. The number of aryl methyl sites for hydroxylation is 1. The summed E-state index contributed by atoms with van der Waals surface area (Å²) in [6, 6.07) is 9.88. The SMILES string of the molecule is COC(=O)CSC/C=C(\C)COCCc1nc(-c2ccccc2)oc1C. The smallest absolute Gasteiger partial charge is 0.315 e. The van der Waals surface area contributed by atoms with Gasteiger partial charge >= 0.3 is 5.97 Å². The molecular formula is C20H25NO4S. The number of hydrogen-bond acceptors (Lipinski definition) is 6. The molecule has 0 aliphatic rings. The van der Waals surface area contributed by atoms with Gasteiger partial charge in [0.2, 0.25) is 5.89 Å². The summed E-state index contributed by atoms with van der Waals surface area (Å²) in [5.74, 6) is 2.43. The molecule has 140 valence electrons. The van der Waals surface area contributed by atoms with Crippen LogP contribution in [0.4, 0.5) is 0 Å². The molecule has 26 heavy (non-hydrogen) atoms. The average Bonchev–Trinajstić information content (AvgIpc) is 3.03. The van der Waals surface area contributed by atoms with Gasteiger partial charge in [0.15, 0.2) is 0 Å². The minimum atomic E-state index is -0.199. The maximum absolute atomic E-state index is 11.0. The van der Waals surface area contributed by atoms with Crippen LogP contribution in [-0.2, 0) is 20.7 Å². The number of hydrogen-bond donors (Lipinski definition) is 0. The number of benzene rings is 1. The minimum absolute atomic E-state index is 0.199. The molecule has 2 rings (SSSR count). The molecular weight excluding hydrogens is 350 g/mol. The van der Waals surface area contributed by atoms with Gasteiger partial charge in [0.05, 0.1) is 31.8 Å². The topological polar surface area (TPSA) is 61.6 Å². The lowest BCUT2D eigenvalue weighted by atomic mass is 10.2. The molecule has 0 fully saturated rings. The van der Waals surface area contributed by atoms with E-state index in [4.69, 9.17) is 9.15 Å². The van der Waals surface area contributed by atoms with E-state index in [0.717, 1.165) is 28.3 Å². The van der Waals surface area contributed by atoms with Crippen LogP contribution >= 0.6 is 11.8 Å². The van der Waals surface area contributed by atoms with Crippen molar-refractivity contribution in [2.24, 2.45) is 0 Å². The Hall–Kier alpha value is -2.05. The molecule has 0 radical (unpaired) electrons. The van der Waals surface area contributed by atoms with Crippen molar-refractivity contribution in [3.8, 4) is 11.5 Å². The first-order valence-electron chi connectivity index (χ1n) is 8.49. The van der Waals surface area contributed by atoms with Crippen molar-refractivity contribution in [2.45, 2.75) is 20.3 Å². The van der Waals surface area contributed by atoms with Gasteiger partial charge in [-0.25, -0.2) is 4.98 Å². The van der Waals surface area contributed by atoms with Crippen LogP contribution in [0.3, 0.4) is 0 Å².